The number of anilines is 1. The summed E-state index contributed by atoms with van der Waals surface area (Å²) in [5.41, 5.74) is 0. The molecule has 1 aromatic rings. The minimum atomic E-state index is 0.288. The molecule has 0 saturated carbocycles. The SMILES string of the molecule is CC(C)OCCN(C)c1ccc(Br)cn1. The number of rotatable bonds is 5. The molecule has 0 radical (unpaired) electrons. The van der Waals surface area contributed by atoms with Gasteiger partial charge in [0.05, 0.1) is 12.7 Å². The van der Waals surface area contributed by atoms with Crippen molar-refractivity contribution in [2.45, 2.75) is 20.0 Å². The predicted molar refractivity (Wildman–Crippen MR) is 66.3 cm³/mol. The Morgan fingerprint density at radius 1 is 1.47 bits per heavy atom. The topological polar surface area (TPSA) is 25.4 Å². The van der Waals surface area contributed by atoms with Crippen LogP contribution in [-0.4, -0.2) is 31.3 Å². The van der Waals surface area contributed by atoms with E-state index in [9.17, 15) is 0 Å². The van der Waals surface area contributed by atoms with Crippen LogP contribution in [0.25, 0.3) is 0 Å². The maximum absolute atomic E-state index is 5.48. The minimum absolute atomic E-state index is 0.288. The Morgan fingerprint density at radius 3 is 2.73 bits per heavy atom. The van der Waals surface area contributed by atoms with Crippen molar-refractivity contribution in [1.82, 2.24) is 4.98 Å². The third-order valence-electron chi connectivity index (χ3n) is 1.98. The van der Waals surface area contributed by atoms with E-state index in [1.807, 2.05) is 33.0 Å². The van der Waals surface area contributed by atoms with E-state index in [-0.39, 0.29) is 6.10 Å². The fraction of sp³-hybridized carbons (Fsp3) is 0.545. The molecule has 0 bridgehead atoms. The summed E-state index contributed by atoms with van der Waals surface area (Å²) in [6, 6.07) is 3.97. The molecule has 0 aliphatic rings. The van der Waals surface area contributed by atoms with E-state index in [2.05, 4.69) is 25.8 Å². The Kier molecular flexibility index (Phi) is 5.05. The van der Waals surface area contributed by atoms with Gasteiger partial charge in [-0.25, -0.2) is 4.98 Å². The molecule has 1 rings (SSSR count). The first-order valence-electron chi connectivity index (χ1n) is 5.04. The monoisotopic (exact) mass is 272 g/mol. The van der Waals surface area contributed by atoms with Gasteiger partial charge in [0, 0.05) is 24.3 Å². The molecule has 0 unspecified atom stereocenters. The van der Waals surface area contributed by atoms with Crippen LogP contribution in [0.3, 0.4) is 0 Å². The molecule has 0 aliphatic carbocycles. The fourth-order valence-electron chi connectivity index (χ4n) is 1.13. The molecule has 3 nitrogen and oxygen atoms in total. The number of aromatic nitrogens is 1. The highest BCUT2D eigenvalue weighted by atomic mass is 79.9. The lowest BCUT2D eigenvalue weighted by molar-refractivity contribution is 0.0845. The van der Waals surface area contributed by atoms with E-state index < -0.39 is 0 Å². The number of halogens is 1. The summed E-state index contributed by atoms with van der Waals surface area (Å²) < 4.78 is 6.48. The highest BCUT2D eigenvalue weighted by molar-refractivity contribution is 9.10. The molecule has 0 amide bonds. The van der Waals surface area contributed by atoms with E-state index in [1.165, 1.54) is 0 Å². The molecule has 0 N–H and O–H groups in total. The average molecular weight is 273 g/mol. The second kappa shape index (κ2) is 6.08. The summed E-state index contributed by atoms with van der Waals surface area (Å²) >= 11 is 3.36. The van der Waals surface area contributed by atoms with E-state index in [4.69, 9.17) is 4.74 Å². The van der Waals surface area contributed by atoms with Crippen molar-refractivity contribution < 1.29 is 4.74 Å². The first-order valence-corrected chi connectivity index (χ1v) is 5.83. The molecule has 15 heavy (non-hydrogen) atoms. The van der Waals surface area contributed by atoms with Crippen molar-refractivity contribution >= 4 is 21.7 Å². The molecular formula is C11H17BrN2O. The summed E-state index contributed by atoms with van der Waals surface area (Å²) in [4.78, 5) is 6.38. The zero-order valence-corrected chi connectivity index (χ0v) is 11.0. The van der Waals surface area contributed by atoms with Crippen LogP contribution in [0, 0.1) is 0 Å². The van der Waals surface area contributed by atoms with E-state index in [0.717, 1.165) is 23.4 Å². The smallest absolute Gasteiger partial charge is 0.128 e. The van der Waals surface area contributed by atoms with Crippen LogP contribution in [-0.2, 0) is 4.74 Å². The summed E-state index contributed by atoms with van der Waals surface area (Å²) in [5, 5.41) is 0. The molecule has 0 aliphatic heterocycles. The van der Waals surface area contributed by atoms with E-state index >= 15 is 0 Å². The van der Waals surface area contributed by atoms with Gasteiger partial charge in [-0.2, -0.15) is 0 Å². The van der Waals surface area contributed by atoms with Gasteiger partial charge < -0.3 is 9.64 Å². The van der Waals surface area contributed by atoms with Gasteiger partial charge in [0.2, 0.25) is 0 Å². The highest BCUT2D eigenvalue weighted by Gasteiger charge is 2.02. The Morgan fingerprint density at radius 2 is 2.20 bits per heavy atom. The van der Waals surface area contributed by atoms with Gasteiger partial charge in [-0.15, -0.1) is 0 Å². The highest BCUT2D eigenvalue weighted by Crippen LogP contribution is 2.13. The van der Waals surface area contributed by atoms with Crippen LogP contribution >= 0.6 is 15.9 Å². The zero-order chi connectivity index (χ0) is 11.3. The number of pyridine rings is 1. The molecule has 1 heterocycles. The van der Waals surface area contributed by atoms with Crippen molar-refractivity contribution in [3.05, 3.63) is 22.8 Å². The van der Waals surface area contributed by atoms with Gasteiger partial charge in [-0.05, 0) is 41.9 Å². The lowest BCUT2D eigenvalue weighted by Crippen LogP contribution is -2.24. The van der Waals surface area contributed by atoms with Crippen molar-refractivity contribution in [3.63, 3.8) is 0 Å². The number of hydrogen-bond donors (Lipinski definition) is 0. The Labute approximate surface area is 99.6 Å². The summed E-state index contributed by atoms with van der Waals surface area (Å²) in [5.74, 6) is 0.963. The lowest BCUT2D eigenvalue weighted by Gasteiger charge is -2.18. The molecule has 0 spiro atoms. The molecule has 4 heteroatoms. The molecule has 0 fully saturated rings. The molecule has 0 atom stereocenters. The second-order valence-corrected chi connectivity index (χ2v) is 4.59. The predicted octanol–water partition coefficient (Wildman–Crippen LogP) is 2.71. The number of nitrogens with zero attached hydrogens (tertiary/aromatic N) is 2. The van der Waals surface area contributed by atoms with Crippen LogP contribution in [0.4, 0.5) is 5.82 Å². The fourth-order valence-corrected chi connectivity index (χ4v) is 1.37. The maximum atomic E-state index is 5.48. The van der Waals surface area contributed by atoms with Crippen molar-refractivity contribution in [2.24, 2.45) is 0 Å². The van der Waals surface area contributed by atoms with Crippen LogP contribution < -0.4 is 4.90 Å². The lowest BCUT2D eigenvalue weighted by atomic mass is 10.4. The Balaban J connectivity index is 2.40. The maximum Gasteiger partial charge on any atom is 0.128 e. The van der Waals surface area contributed by atoms with Crippen LogP contribution in [0.5, 0.6) is 0 Å². The molecule has 84 valence electrons. The van der Waals surface area contributed by atoms with Gasteiger partial charge in [0.25, 0.3) is 0 Å². The molecule has 0 aromatic carbocycles. The first kappa shape index (κ1) is 12.5. The molecular weight excluding hydrogens is 256 g/mol. The zero-order valence-electron chi connectivity index (χ0n) is 9.40. The summed E-state index contributed by atoms with van der Waals surface area (Å²) in [6.45, 7) is 5.66. The minimum Gasteiger partial charge on any atom is -0.377 e. The molecule has 1 aromatic heterocycles. The summed E-state index contributed by atoms with van der Waals surface area (Å²) in [6.07, 6.45) is 2.09. The largest absolute Gasteiger partial charge is 0.377 e. The first-order chi connectivity index (χ1) is 7.09. The van der Waals surface area contributed by atoms with Crippen LogP contribution in [0.1, 0.15) is 13.8 Å². The number of ether oxygens (including phenoxy) is 1. The quantitative estimate of drug-likeness (QED) is 0.824. The Bertz CT molecular complexity index is 287. The van der Waals surface area contributed by atoms with Gasteiger partial charge in [-0.1, -0.05) is 0 Å². The van der Waals surface area contributed by atoms with Gasteiger partial charge >= 0.3 is 0 Å². The van der Waals surface area contributed by atoms with Crippen molar-refractivity contribution in [2.75, 3.05) is 25.1 Å². The third kappa shape index (κ3) is 4.62. The van der Waals surface area contributed by atoms with E-state index in [0.29, 0.717) is 0 Å². The average Bonchev–Trinajstić information content (AvgIpc) is 2.18. The standard InChI is InChI=1S/C11H17BrN2O/c1-9(2)15-7-6-14(3)11-5-4-10(12)8-13-11/h4-5,8-9H,6-7H2,1-3H3. The van der Waals surface area contributed by atoms with Crippen LogP contribution in [0.15, 0.2) is 22.8 Å². The third-order valence-corrected chi connectivity index (χ3v) is 2.45. The van der Waals surface area contributed by atoms with Gasteiger partial charge in [-0.3, -0.25) is 0 Å². The number of hydrogen-bond acceptors (Lipinski definition) is 3. The number of likely N-dealkylation sites (N-methyl/N-ethyl adjacent to an activating group) is 1. The van der Waals surface area contributed by atoms with Crippen LogP contribution in [0.2, 0.25) is 0 Å². The second-order valence-electron chi connectivity index (χ2n) is 3.68. The van der Waals surface area contributed by atoms with Gasteiger partial charge in [0.1, 0.15) is 5.82 Å². The summed E-state index contributed by atoms with van der Waals surface area (Å²) in [7, 11) is 2.01. The van der Waals surface area contributed by atoms with Crippen molar-refractivity contribution in [1.29, 1.82) is 0 Å². The van der Waals surface area contributed by atoms with Crippen molar-refractivity contribution in [3.8, 4) is 0 Å². The normalized spacial score (nSPS) is 10.7. The molecule has 0 saturated heterocycles. The van der Waals surface area contributed by atoms with E-state index in [1.54, 1.807) is 6.20 Å². The Hall–Kier alpha value is -0.610. The van der Waals surface area contributed by atoms with Gasteiger partial charge in [0.15, 0.2) is 0 Å².